The summed E-state index contributed by atoms with van der Waals surface area (Å²) in [4.78, 5) is 14.7. The van der Waals surface area contributed by atoms with Gasteiger partial charge in [-0.2, -0.15) is 0 Å². The molecule has 1 aromatic heterocycles. The van der Waals surface area contributed by atoms with Gasteiger partial charge in [0.05, 0.1) is 11.1 Å². The summed E-state index contributed by atoms with van der Waals surface area (Å²) < 4.78 is 0. The molecule has 0 aliphatic rings. The van der Waals surface area contributed by atoms with E-state index in [4.69, 9.17) is 11.6 Å². The number of benzene rings is 1. The molecule has 0 radical (unpaired) electrons. The van der Waals surface area contributed by atoms with Crippen LogP contribution in [0.15, 0.2) is 42.6 Å². The van der Waals surface area contributed by atoms with Crippen molar-refractivity contribution in [3.8, 4) is 0 Å². The Balaban J connectivity index is 2.04. The van der Waals surface area contributed by atoms with Gasteiger partial charge in [0.2, 0.25) is 0 Å². The van der Waals surface area contributed by atoms with Gasteiger partial charge in [-0.3, -0.25) is 4.79 Å². The quantitative estimate of drug-likeness (QED) is 0.861. The number of halogens is 1. The minimum atomic E-state index is -0.159. The van der Waals surface area contributed by atoms with Crippen molar-refractivity contribution in [1.29, 1.82) is 0 Å². The molecule has 0 fully saturated rings. The third-order valence-electron chi connectivity index (χ3n) is 2.54. The molecule has 1 amide bonds. The van der Waals surface area contributed by atoms with Crippen molar-refractivity contribution in [3.63, 3.8) is 0 Å². The summed E-state index contributed by atoms with van der Waals surface area (Å²) in [5, 5.41) is 3.43. The van der Waals surface area contributed by atoms with Gasteiger partial charge >= 0.3 is 0 Å². The average Bonchev–Trinajstić information content (AvgIpc) is 2.77. The Bertz CT molecular complexity index is 507. The number of H-pyrrole nitrogens is 1. The molecule has 17 heavy (non-hydrogen) atoms. The van der Waals surface area contributed by atoms with Crippen LogP contribution in [0.25, 0.3) is 0 Å². The first-order valence-corrected chi connectivity index (χ1v) is 5.74. The lowest BCUT2D eigenvalue weighted by molar-refractivity contribution is 0.0935. The summed E-state index contributed by atoms with van der Waals surface area (Å²) in [5.41, 5.74) is 1.54. The molecular formula is C13H13ClN2O. The summed E-state index contributed by atoms with van der Waals surface area (Å²) in [6.45, 7) is 1.94. The number of carbonyl (C=O) groups excluding carboxylic acids is 1. The first kappa shape index (κ1) is 11.7. The zero-order chi connectivity index (χ0) is 12.3. The Kier molecular flexibility index (Phi) is 3.49. The Morgan fingerprint density at radius 3 is 2.65 bits per heavy atom. The number of rotatable bonds is 3. The van der Waals surface area contributed by atoms with Crippen LogP contribution < -0.4 is 5.32 Å². The van der Waals surface area contributed by atoms with Crippen molar-refractivity contribution in [1.82, 2.24) is 10.3 Å². The molecule has 1 unspecified atom stereocenters. The minimum absolute atomic E-state index is 0.0363. The molecule has 0 bridgehead atoms. The van der Waals surface area contributed by atoms with Gasteiger partial charge in [-0.25, -0.2) is 0 Å². The predicted octanol–water partition coefficient (Wildman–Crippen LogP) is 3.16. The van der Waals surface area contributed by atoms with E-state index >= 15 is 0 Å². The van der Waals surface area contributed by atoms with Gasteiger partial charge < -0.3 is 10.3 Å². The van der Waals surface area contributed by atoms with Crippen LogP contribution in [-0.2, 0) is 0 Å². The van der Waals surface area contributed by atoms with Crippen LogP contribution >= 0.6 is 11.6 Å². The lowest BCUT2D eigenvalue weighted by atomic mass is 10.1. The number of hydrogen-bond acceptors (Lipinski definition) is 1. The summed E-state index contributed by atoms with van der Waals surface area (Å²) >= 11 is 5.75. The van der Waals surface area contributed by atoms with Crippen molar-refractivity contribution in [2.45, 2.75) is 13.0 Å². The molecule has 1 heterocycles. The summed E-state index contributed by atoms with van der Waals surface area (Å²) in [7, 11) is 0. The second kappa shape index (κ2) is 5.06. The highest BCUT2D eigenvalue weighted by Gasteiger charge is 2.12. The largest absolute Gasteiger partial charge is 0.356 e. The molecule has 0 spiro atoms. The van der Waals surface area contributed by atoms with E-state index in [1.165, 1.54) is 0 Å². The Hall–Kier alpha value is -1.74. The molecule has 3 nitrogen and oxygen atoms in total. The van der Waals surface area contributed by atoms with E-state index < -0.39 is 0 Å². The second-order valence-electron chi connectivity index (χ2n) is 3.84. The molecule has 0 aliphatic heterocycles. The molecular weight excluding hydrogens is 236 g/mol. The van der Waals surface area contributed by atoms with E-state index in [2.05, 4.69) is 10.3 Å². The number of carbonyl (C=O) groups is 1. The third-order valence-corrected chi connectivity index (χ3v) is 2.76. The third kappa shape index (κ3) is 2.88. The van der Waals surface area contributed by atoms with Crippen LogP contribution in [0.4, 0.5) is 0 Å². The highest BCUT2D eigenvalue weighted by Crippen LogP contribution is 2.13. The van der Waals surface area contributed by atoms with Gasteiger partial charge in [0.1, 0.15) is 5.69 Å². The fourth-order valence-electron chi connectivity index (χ4n) is 1.60. The smallest absolute Gasteiger partial charge is 0.268 e. The van der Waals surface area contributed by atoms with Crippen LogP contribution in [0.2, 0.25) is 5.02 Å². The SMILES string of the molecule is CC(NC(=O)c1cc(Cl)c[nH]1)c1ccccc1. The van der Waals surface area contributed by atoms with Gasteiger partial charge in [-0.1, -0.05) is 41.9 Å². The molecule has 4 heteroatoms. The zero-order valence-electron chi connectivity index (χ0n) is 9.41. The number of aromatic amines is 1. The van der Waals surface area contributed by atoms with E-state index in [-0.39, 0.29) is 11.9 Å². The normalized spacial score (nSPS) is 12.1. The average molecular weight is 249 g/mol. The molecule has 0 aliphatic carbocycles. The van der Waals surface area contributed by atoms with Crippen LogP contribution in [0.1, 0.15) is 29.0 Å². The maximum absolute atomic E-state index is 11.8. The lowest BCUT2D eigenvalue weighted by Gasteiger charge is -2.13. The van der Waals surface area contributed by atoms with Crippen LogP contribution in [0, 0.1) is 0 Å². The lowest BCUT2D eigenvalue weighted by Crippen LogP contribution is -2.26. The fraction of sp³-hybridized carbons (Fsp3) is 0.154. The molecule has 2 rings (SSSR count). The van der Waals surface area contributed by atoms with Crippen molar-refractivity contribution < 1.29 is 4.79 Å². The molecule has 2 N–H and O–H groups in total. The molecule has 0 saturated heterocycles. The monoisotopic (exact) mass is 248 g/mol. The van der Waals surface area contributed by atoms with E-state index in [1.807, 2.05) is 37.3 Å². The summed E-state index contributed by atoms with van der Waals surface area (Å²) in [6, 6.07) is 11.4. The first-order valence-electron chi connectivity index (χ1n) is 5.36. The molecule has 1 atom stereocenters. The first-order chi connectivity index (χ1) is 8.16. The highest BCUT2D eigenvalue weighted by atomic mass is 35.5. The van der Waals surface area contributed by atoms with Crippen molar-refractivity contribution >= 4 is 17.5 Å². The van der Waals surface area contributed by atoms with Crippen molar-refractivity contribution in [2.24, 2.45) is 0 Å². The molecule has 1 aromatic carbocycles. The van der Waals surface area contributed by atoms with Crippen molar-refractivity contribution in [3.05, 3.63) is 58.9 Å². The number of nitrogens with one attached hydrogen (secondary N) is 2. The topological polar surface area (TPSA) is 44.9 Å². The van der Waals surface area contributed by atoms with Gasteiger partial charge in [0.15, 0.2) is 0 Å². The Morgan fingerprint density at radius 1 is 1.35 bits per heavy atom. The van der Waals surface area contributed by atoms with Gasteiger partial charge in [0.25, 0.3) is 5.91 Å². The van der Waals surface area contributed by atoms with E-state index in [0.29, 0.717) is 10.7 Å². The number of hydrogen-bond donors (Lipinski definition) is 2. The second-order valence-corrected chi connectivity index (χ2v) is 4.27. The maximum Gasteiger partial charge on any atom is 0.268 e. The zero-order valence-corrected chi connectivity index (χ0v) is 10.2. The van der Waals surface area contributed by atoms with E-state index in [1.54, 1.807) is 12.3 Å². The molecule has 2 aromatic rings. The fourth-order valence-corrected chi connectivity index (χ4v) is 1.76. The number of aromatic nitrogens is 1. The molecule has 88 valence electrons. The van der Waals surface area contributed by atoms with Crippen LogP contribution in [-0.4, -0.2) is 10.9 Å². The predicted molar refractivity (Wildman–Crippen MR) is 68.1 cm³/mol. The summed E-state index contributed by atoms with van der Waals surface area (Å²) in [5.74, 6) is -0.159. The van der Waals surface area contributed by atoms with Gasteiger partial charge in [-0.15, -0.1) is 0 Å². The highest BCUT2D eigenvalue weighted by molar-refractivity contribution is 6.30. The Morgan fingerprint density at radius 2 is 2.06 bits per heavy atom. The minimum Gasteiger partial charge on any atom is -0.356 e. The molecule has 0 saturated carbocycles. The maximum atomic E-state index is 11.8. The van der Waals surface area contributed by atoms with Crippen molar-refractivity contribution in [2.75, 3.05) is 0 Å². The number of amides is 1. The van der Waals surface area contributed by atoms with Crippen LogP contribution in [0.3, 0.4) is 0 Å². The summed E-state index contributed by atoms with van der Waals surface area (Å²) in [6.07, 6.45) is 1.59. The Labute approximate surface area is 105 Å². The van der Waals surface area contributed by atoms with E-state index in [9.17, 15) is 4.79 Å². The van der Waals surface area contributed by atoms with Gasteiger partial charge in [0, 0.05) is 6.20 Å². The van der Waals surface area contributed by atoms with Crippen LogP contribution in [0.5, 0.6) is 0 Å². The van der Waals surface area contributed by atoms with E-state index in [0.717, 1.165) is 5.56 Å². The standard InChI is InChI=1S/C13H13ClN2O/c1-9(10-5-3-2-4-6-10)16-13(17)12-7-11(14)8-15-12/h2-9,15H,1H3,(H,16,17). The van der Waals surface area contributed by atoms with Gasteiger partial charge in [-0.05, 0) is 18.6 Å².